The van der Waals surface area contributed by atoms with E-state index in [9.17, 15) is 8.42 Å². The van der Waals surface area contributed by atoms with E-state index in [-0.39, 0.29) is 0 Å². The molecule has 1 heterocycles. The second-order valence-electron chi connectivity index (χ2n) is 5.57. The van der Waals surface area contributed by atoms with E-state index in [4.69, 9.17) is 12.2 Å². The molecule has 2 aromatic carbocycles. The normalized spacial score (nSPS) is 17.3. The molecule has 1 aliphatic rings. The van der Waals surface area contributed by atoms with Crippen LogP contribution in [0.1, 0.15) is 6.92 Å². The van der Waals surface area contributed by atoms with Gasteiger partial charge < -0.3 is 5.43 Å². The van der Waals surface area contributed by atoms with E-state index in [0.29, 0.717) is 36.1 Å². The number of nitrogens with zero attached hydrogens (tertiary/aromatic N) is 2. The van der Waals surface area contributed by atoms with Crippen molar-refractivity contribution < 1.29 is 8.42 Å². The van der Waals surface area contributed by atoms with Crippen molar-refractivity contribution in [1.29, 1.82) is 0 Å². The van der Waals surface area contributed by atoms with Crippen molar-refractivity contribution in [1.82, 2.24) is 14.7 Å². The van der Waals surface area contributed by atoms with Crippen molar-refractivity contribution in [3.8, 4) is 0 Å². The third-order valence-electron chi connectivity index (χ3n) is 3.91. The van der Waals surface area contributed by atoms with Crippen LogP contribution >= 0.6 is 12.2 Å². The Bertz CT molecular complexity index is 828. The maximum atomic E-state index is 12.8. The predicted octanol–water partition coefficient (Wildman–Crippen LogP) is 2.00. The lowest BCUT2D eigenvalue weighted by molar-refractivity contribution is 0.161. The lowest BCUT2D eigenvalue weighted by atomic mass is 10.1. The molecule has 5 nitrogen and oxygen atoms in total. The smallest absolute Gasteiger partial charge is 0.243 e. The summed E-state index contributed by atoms with van der Waals surface area (Å²) in [6.07, 6.45) is 0. The van der Waals surface area contributed by atoms with E-state index in [1.54, 1.807) is 12.1 Å². The molecule has 122 valence electrons. The largest absolute Gasteiger partial charge is 0.313 e. The van der Waals surface area contributed by atoms with E-state index in [1.165, 1.54) is 4.31 Å². The van der Waals surface area contributed by atoms with Crippen molar-refractivity contribution in [2.75, 3.05) is 26.2 Å². The number of sulfonamides is 1. The van der Waals surface area contributed by atoms with Crippen LogP contribution in [0, 0.1) is 0 Å². The van der Waals surface area contributed by atoms with Gasteiger partial charge in [0.05, 0.1) is 9.88 Å². The maximum Gasteiger partial charge on any atom is 0.243 e. The van der Waals surface area contributed by atoms with Crippen LogP contribution in [0.3, 0.4) is 0 Å². The van der Waals surface area contributed by atoms with Gasteiger partial charge in [-0.2, -0.15) is 4.31 Å². The highest BCUT2D eigenvalue weighted by molar-refractivity contribution is 7.89. The number of thiocarbonyl (C=S) groups is 1. The average molecular weight is 349 g/mol. The standard InChI is InChI=1S/C16H19N3O2S2/c1-13(22)17-18-8-10-19(11-9-18)23(20,21)16-7-6-14-4-2-3-5-15(14)12-16/h2-7,12H,8-11H2,1H3,(H,17,22). The quantitative estimate of drug-likeness (QED) is 0.859. The summed E-state index contributed by atoms with van der Waals surface area (Å²) in [5, 5.41) is 3.93. The summed E-state index contributed by atoms with van der Waals surface area (Å²) in [6, 6.07) is 13.1. The number of benzene rings is 2. The van der Waals surface area contributed by atoms with Crippen molar-refractivity contribution in [2.45, 2.75) is 11.8 Å². The Labute approximate surface area is 141 Å². The molecule has 0 unspecified atom stereocenters. The summed E-state index contributed by atoms with van der Waals surface area (Å²) in [7, 11) is -3.46. The summed E-state index contributed by atoms with van der Waals surface area (Å²) >= 11 is 5.02. The van der Waals surface area contributed by atoms with Gasteiger partial charge in [-0.05, 0) is 29.8 Å². The molecule has 1 saturated heterocycles. The van der Waals surface area contributed by atoms with Crippen LogP contribution in [0.5, 0.6) is 0 Å². The van der Waals surface area contributed by atoms with E-state index in [0.717, 1.165) is 10.8 Å². The summed E-state index contributed by atoms with van der Waals surface area (Å²) < 4.78 is 27.2. The number of nitrogens with one attached hydrogen (secondary N) is 1. The van der Waals surface area contributed by atoms with Gasteiger partial charge in [0.25, 0.3) is 0 Å². The molecule has 2 aromatic rings. The molecule has 0 radical (unpaired) electrons. The van der Waals surface area contributed by atoms with E-state index in [2.05, 4.69) is 5.43 Å². The Morgan fingerprint density at radius 1 is 1.04 bits per heavy atom. The Morgan fingerprint density at radius 2 is 1.70 bits per heavy atom. The van der Waals surface area contributed by atoms with E-state index < -0.39 is 10.0 Å². The van der Waals surface area contributed by atoms with Gasteiger partial charge in [0.15, 0.2) is 0 Å². The Kier molecular flexibility index (Phi) is 4.63. The van der Waals surface area contributed by atoms with Gasteiger partial charge >= 0.3 is 0 Å². The predicted molar refractivity (Wildman–Crippen MR) is 95.7 cm³/mol. The molecule has 23 heavy (non-hydrogen) atoms. The first-order valence-electron chi connectivity index (χ1n) is 7.48. The van der Waals surface area contributed by atoms with Crippen molar-refractivity contribution in [3.63, 3.8) is 0 Å². The highest BCUT2D eigenvalue weighted by Gasteiger charge is 2.28. The second kappa shape index (κ2) is 6.52. The van der Waals surface area contributed by atoms with Gasteiger partial charge in [0, 0.05) is 26.2 Å². The molecule has 0 aromatic heterocycles. The lowest BCUT2D eigenvalue weighted by Crippen LogP contribution is -2.54. The van der Waals surface area contributed by atoms with Crippen LogP contribution in [0.15, 0.2) is 47.4 Å². The fourth-order valence-corrected chi connectivity index (χ4v) is 4.33. The summed E-state index contributed by atoms with van der Waals surface area (Å²) in [5.41, 5.74) is 3.06. The fraction of sp³-hybridized carbons (Fsp3) is 0.312. The molecule has 7 heteroatoms. The number of hydrogen-bond acceptors (Lipinski definition) is 4. The van der Waals surface area contributed by atoms with E-state index in [1.807, 2.05) is 42.3 Å². The van der Waals surface area contributed by atoms with Crippen LogP contribution in [0.4, 0.5) is 0 Å². The first kappa shape index (κ1) is 16.3. The topological polar surface area (TPSA) is 52.6 Å². The van der Waals surface area contributed by atoms with Crippen LogP contribution in [-0.2, 0) is 10.0 Å². The van der Waals surface area contributed by atoms with Gasteiger partial charge in [0.2, 0.25) is 10.0 Å². The number of rotatable bonds is 3. The van der Waals surface area contributed by atoms with Gasteiger partial charge in [-0.15, -0.1) is 0 Å². The molecular formula is C16H19N3O2S2. The summed E-state index contributed by atoms with van der Waals surface area (Å²) in [4.78, 5) is 1.04. The molecule has 0 aliphatic carbocycles. The monoisotopic (exact) mass is 349 g/mol. The average Bonchev–Trinajstić information content (AvgIpc) is 2.54. The fourth-order valence-electron chi connectivity index (χ4n) is 2.74. The first-order valence-corrected chi connectivity index (χ1v) is 9.33. The molecular weight excluding hydrogens is 330 g/mol. The van der Waals surface area contributed by atoms with Crippen LogP contribution in [0.2, 0.25) is 0 Å². The molecule has 1 fully saturated rings. The lowest BCUT2D eigenvalue weighted by Gasteiger charge is -2.34. The van der Waals surface area contributed by atoms with Crippen molar-refractivity contribution in [2.24, 2.45) is 0 Å². The second-order valence-corrected chi connectivity index (χ2v) is 8.12. The third-order valence-corrected chi connectivity index (χ3v) is 5.90. The number of piperazine rings is 1. The Balaban J connectivity index is 1.79. The van der Waals surface area contributed by atoms with Crippen LogP contribution < -0.4 is 5.43 Å². The zero-order valence-electron chi connectivity index (χ0n) is 12.9. The maximum absolute atomic E-state index is 12.8. The highest BCUT2D eigenvalue weighted by Crippen LogP contribution is 2.22. The zero-order chi connectivity index (χ0) is 16.4. The Hall–Kier alpha value is -1.54. The van der Waals surface area contributed by atoms with Crippen LogP contribution in [0.25, 0.3) is 10.8 Å². The van der Waals surface area contributed by atoms with Crippen molar-refractivity contribution >= 4 is 38.0 Å². The molecule has 1 aliphatic heterocycles. The van der Waals surface area contributed by atoms with Crippen molar-refractivity contribution in [3.05, 3.63) is 42.5 Å². The molecule has 3 rings (SSSR count). The highest BCUT2D eigenvalue weighted by atomic mass is 32.2. The van der Waals surface area contributed by atoms with Gasteiger partial charge in [-0.25, -0.2) is 13.4 Å². The minimum atomic E-state index is -3.46. The molecule has 0 spiro atoms. The van der Waals surface area contributed by atoms with Gasteiger partial charge in [0.1, 0.15) is 0 Å². The van der Waals surface area contributed by atoms with Gasteiger partial charge in [-0.3, -0.25) is 0 Å². The number of hydrogen-bond donors (Lipinski definition) is 1. The molecule has 1 N–H and O–H groups in total. The van der Waals surface area contributed by atoms with Gasteiger partial charge in [-0.1, -0.05) is 42.5 Å². The number of hydrazine groups is 1. The zero-order valence-corrected chi connectivity index (χ0v) is 14.5. The molecule has 0 bridgehead atoms. The minimum Gasteiger partial charge on any atom is -0.313 e. The Morgan fingerprint density at radius 3 is 2.35 bits per heavy atom. The van der Waals surface area contributed by atoms with E-state index >= 15 is 0 Å². The summed E-state index contributed by atoms with van der Waals surface area (Å²) in [5.74, 6) is 0. The minimum absolute atomic E-state index is 0.351. The molecule has 0 amide bonds. The third kappa shape index (κ3) is 3.53. The summed E-state index contributed by atoms with van der Waals surface area (Å²) in [6.45, 7) is 3.94. The van der Waals surface area contributed by atoms with Crippen LogP contribution in [-0.4, -0.2) is 48.9 Å². The first-order chi connectivity index (χ1) is 11.0. The number of fused-ring (bicyclic) bond motifs is 1. The molecule has 0 atom stereocenters. The SMILES string of the molecule is CC(=S)NN1CCN(S(=O)(=O)c2ccc3ccccc3c2)CC1. The molecule has 0 saturated carbocycles.